The van der Waals surface area contributed by atoms with E-state index in [1.165, 1.54) is 27.8 Å². The summed E-state index contributed by atoms with van der Waals surface area (Å²) in [5.41, 5.74) is 7.57. The molecule has 0 aliphatic carbocycles. The molecule has 91 valence electrons. The zero-order valence-corrected chi connectivity index (χ0v) is 12.7. The number of hydrogen-bond acceptors (Lipinski definition) is 0. The van der Waals surface area contributed by atoms with Gasteiger partial charge in [0, 0.05) is 5.88 Å². The minimum absolute atomic E-state index is 0.528. The van der Waals surface area contributed by atoms with Crippen LogP contribution >= 0.6 is 11.6 Å². The third-order valence-electron chi connectivity index (χ3n) is 3.38. The summed E-state index contributed by atoms with van der Waals surface area (Å²) in [6, 6.07) is 10.6. The summed E-state index contributed by atoms with van der Waals surface area (Å²) in [5.74, 6) is 0.528. The Labute approximate surface area is 117 Å². The van der Waals surface area contributed by atoms with Crippen LogP contribution in [0.2, 0.25) is 0 Å². The molecule has 2 rings (SSSR count). The van der Waals surface area contributed by atoms with Gasteiger partial charge in [-0.25, -0.2) is 0 Å². The van der Waals surface area contributed by atoms with Crippen molar-refractivity contribution in [1.82, 2.24) is 0 Å². The van der Waals surface area contributed by atoms with E-state index < -0.39 is 0 Å². The summed E-state index contributed by atoms with van der Waals surface area (Å²) in [6.07, 6.45) is 0. The van der Waals surface area contributed by atoms with Gasteiger partial charge in [-0.1, -0.05) is 41.1 Å². The SMILES string of the molecule is Cc1cc(C)c(C)c(-c2c([Si])cccc2CCl)c1. The Kier molecular flexibility index (Phi) is 3.93. The molecule has 0 N–H and O–H groups in total. The van der Waals surface area contributed by atoms with Gasteiger partial charge in [-0.3, -0.25) is 0 Å². The van der Waals surface area contributed by atoms with Crippen molar-refractivity contribution in [3.63, 3.8) is 0 Å². The third kappa shape index (κ3) is 2.38. The first-order valence-electron chi connectivity index (χ1n) is 6.02. The fourth-order valence-corrected chi connectivity index (χ4v) is 2.94. The predicted octanol–water partition coefficient (Wildman–Crippen LogP) is 3.81. The molecule has 0 spiro atoms. The maximum absolute atomic E-state index is 6.06. The highest BCUT2D eigenvalue weighted by molar-refractivity contribution is 6.36. The van der Waals surface area contributed by atoms with Crippen LogP contribution in [0.25, 0.3) is 11.1 Å². The summed E-state index contributed by atoms with van der Waals surface area (Å²) in [6.45, 7) is 6.45. The zero-order chi connectivity index (χ0) is 13.3. The molecule has 0 nitrogen and oxygen atoms in total. The fourth-order valence-electron chi connectivity index (χ4n) is 2.33. The minimum atomic E-state index is 0.528. The average molecular weight is 272 g/mol. The van der Waals surface area contributed by atoms with Gasteiger partial charge in [0.2, 0.25) is 0 Å². The largest absolute Gasteiger partial charge is 0.122 e. The Balaban J connectivity index is 2.76. The average Bonchev–Trinajstić information content (AvgIpc) is 2.33. The zero-order valence-electron chi connectivity index (χ0n) is 11.0. The Morgan fingerprint density at radius 2 is 1.83 bits per heavy atom. The lowest BCUT2D eigenvalue weighted by atomic mass is 9.92. The summed E-state index contributed by atoms with van der Waals surface area (Å²) in [4.78, 5) is 0. The number of hydrogen-bond donors (Lipinski definition) is 0. The molecule has 18 heavy (non-hydrogen) atoms. The lowest BCUT2D eigenvalue weighted by molar-refractivity contribution is 1.29. The molecule has 0 aromatic heterocycles. The minimum Gasteiger partial charge on any atom is -0.122 e. The fraction of sp³-hybridized carbons (Fsp3) is 0.250. The van der Waals surface area contributed by atoms with Crippen LogP contribution in [0.4, 0.5) is 0 Å². The van der Waals surface area contributed by atoms with Gasteiger partial charge in [-0.2, -0.15) is 0 Å². The van der Waals surface area contributed by atoms with E-state index in [1.54, 1.807) is 0 Å². The highest BCUT2D eigenvalue weighted by Crippen LogP contribution is 2.29. The van der Waals surface area contributed by atoms with Crippen LogP contribution in [0.1, 0.15) is 22.3 Å². The first-order valence-corrected chi connectivity index (χ1v) is 7.05. The van der Waals surface area contributed by atoms with Crippen molar-refractivity contribution in [3.8, 4) is 11.1 Å². The predicted molar refractivity (Wildman–Crippen MR) is 81.0 cm³/mol. The molecule has 2 aromatic carbocycles. The van der Waals surface area contributed by atoms with Gasteiger partial charge in [0.1, 0.15) is 0 Å². The van der Waals surface area contributed by atoms with Gasteiger partial charge in [0.05, 0.1) is 10.2 Å². The van der Waals surface area contributed by atoms with Crippen molar-refractivity contribution in [1.29, 1.82) is 0 Å². The number of halogens is 1. The van der Waals surface area contributed by atoms with Crippen molar-refractivity contribution in [2.75, 3.05) is 0 Å². The molecule has 2 heteroatoms. The molecule has 0 unspecified atom stereocenters. The van der Waals surface area contributed by atoms with Gasteiger partial charge in [0.15, 0.2) is 0 Å². The first kappa shape index (κ1) is 13.4. The highest BCUT2D eigenvalue weighted by Gasteiger charge is 2.11. The topological polar surface area (TPSA) is 0 Å². The molecule has 0 heterocycles. The van der Waals surface area contributed by atoms with Crippen molar-refractivity contribution in [3.05, 3.63) is 52.6 Å². The number of alkyl halides is 1. The molecule has 0 fully saturated rings. The highest BCUT2D eigenvalue weighted by atomic mass is 35.5. The summed E-state index contributed by atoms with van der Waals surface area (Å²) < 4.78 is 0. The number of rotatable bonds is 2. The Morgan fingerprint density at radius 3 is 2.50 bits per heavy atom. The van der Waals surface area contributed by atoms with Crippen LogP contribution < -0.4 is 5.19 Å². The molecule has 2 aromatic rings. The Bertz CT molecular complexity index is 588. The molecular weight excluding hydrogens is 256 g/mol. The summed E-state index contributed by atoms with van der Waals surface area (Å²) in [5, 5.41) is 1.10. The van der Waals surface area contributed by atoms with Crippen LogP contribution in [0.3, 0.4) is 0 Å². The lowest BCUT2D eigenvalue weighted by Crippen LogP contribution is -2.10. The first-order chi connectivity index (χ1) is 8.54. The number of benzene rings is 2. The molecule has 0 aliphatic rings. The molecule has 0 saturated heterocycles. The molecular formula is C16H16ClSi. The third-order valence-corrected chi connectivity index (χ3v) is 4.08. The van der Waals surface area contributed by atoms with E-state index in [0.29, 0.717) is 5.88 Å². The monoisotopic (exact) mass is 271 g/mol. The molecule has 0 aliphatic heterocycles. The maximum atomic E-state index is 6.06. The van der Waals surface area contributed by atoms with Crippen molar-refractivity contribution >= 4 is 27.0 Å². The van der Waals surface area contributed by atoms with E-state index in [2.05, 4.69) is 55.3 Å². The van der Waals surface area contributed by atoms with Gasteiger partial charge in [-0.15, -0.1) is 11.6 Å². The van der Waals surface area contributed by atoms with E-state index >= 15 is 0 Å². The normalized spacial score (nSPS) is 10.7. The van der Waals surface area contributed by atoms with Gasteiger partial charge in [-0.05, 0) is 48.6 Å². The van der Waals surface area contributed by atoms with Gasteiger partial charge < -0.3 is 0 Å². The van der Waals surface area contributed by atoms with E-state index in [-0.39, 0.29) is 0 Å². The van der Waals surface area contributed by atoms with Crippen molar-refractivity contribution < 1.29 is 0 Å². The maximum Gasteiger partial charge on any atom is 0.0720 e. The molecule has 0 amide bonds. The van der Waals surface area contributed by atoms with Crippen molar-refractivity contribution in [2.45, 2.75) is 26.7 Å². The standard InChI is InChI=1S/C16H16ClSi/c1-10-7-11(2)12(3)14(8-10)16-13(9-17)5-4-6-15(16)18/h4-8H,9H2,1-3H3. The second-order valence-corrected chi connectivity index (χ2v) is 5.53. The van der Waals surface area contributed by atoms with Gasteiger partial charge >= 0.3 is 0 Å². The van der Waals surface area contributed by atoms with E-state index in [4.69, 9.17) is 11.6 Å². The Morgan fingerprint density at radius 1 is 1.11 bits per heavy atom. The van der Waals surface area contributed by atoms with Crippen LogP contribution in [-0.4, -0.2) is 10.2 Å². The second kappa shape index (κ2) is 5.29. The van der Waals surface area contributed by atoms with Gasteiger partial charge in [0.25, 0.3) is 0 Å². The second-order valence-electron chi connectivity index (χ2n) is 4.73. The molecule has 3 radical (unpaired) electrons. The van der Waals surface area contributed by atoms with Crippen LogP contribution in [0.15, 0.2) is 30.3 Å². The molecule has 0 saturated carbocycles. The van der Waals surface area contributed by atoms with E-state index in [9.17, 15) is 0 Å². The molecule has 0 bridgehead atoms. The Hall–Kier alpha value is -1.05. The molecule has 0 atom stereocenters. The van der Waals surface area contributed by atoms with Crippen molar-refractivity contribution in [2.24, 2.45) is 0 Å². The van der Waals surface area contributed by atoms with E-state index in [1.807, 2.05) is 6.07 Å². The van der Waals surface area contributed by atoms with Crippen LogP contribution in [0, 0.1) is 20.8 Å². The van der Waals surface area contributed by atoms with Crippen LogP contribution in [0.5, 0.6) is 0 Å². The van der Waals surface area contributed by atoms with E-state index in [0.717, 1.165) is 10.8 Å². The lowest BCUT2D eigenvalue weighted by Gasteiger charge is -2.16. The quantitative estimate of drug-likeness (QED) is 0.576. The number of aryl methyl sites for hydroxylation is 2. The summed E-state index contributed by atoms with van der Waals surface area (Å²) >= 11 is 6.06. The van der Waals surface area contributed by atoms with Crippen LogP contribution in [-0.2, 0) is 5.88 Å². The summed E-state index contributed by atoms with van der Waals surface area (Å²) in [7, 11) is 3.70. The smallest absolute Gasteiger partial charge is 0.0720 e.